The molecular formula is C11H10ClFN2S. The molecule has 0 aliphatic rings. The third kappa shape index (κ3) is 2.78. The fraction of sp³-hybridized carbons (Fsp3) is 0.182. The molecule has 0 aliphatic carbocycles. The molecule has 1 N–H and O–H groups in total. The zero-order chi connectivity index (χ0) is 11.4. The molecule has 16 heavy (non-hydrogen) atoms. The lowest BCUT2D eigenvalue weighted by molar-refractivity contribution is 0.587. The Kier molecular flexibility index (Phi) is 3.88. The SMILES string of the molecule is Fc1cccc(Cl)c1CNCc1nccs1. The highest BCUT2D eigenvalue weighted by molar-refractivity contribution is 7.09. The van der Waals surface area contributed by atoms with E-state index in [2.05, 4.69) is 10.3 Å². The van der Waals surface area contributed by atoms with Crippen LogP contribution in [0.1, 0.15) is 10.6 Å². The first kappa shape index (κ1) is 11.5. The number of hydrogen-bond acceptors (Lipinski definition) is 3. The third-order valence-electron chi connectivity index (χ3n) is 2.12. The molecule has 2 nitrogen and oxygen atoms in total. The van der Waals surface area contributed by atoms with Crippen LogP contribution in [0.3, 0.4) is 0 Å². The van der Waals surface area contributed by atoms with Gasteiger partial charge in [-0.2, -0.15) is 0 Å². The number of nitrogens with one attached hydrogen (secondary N) is 1. The van der Waals surface area contributed by atoms with Crippen LogP contribution in [0.4, 0.5) is 4.39 Å². The van der Waals surface area contributed by atoms with Crippen molar-refractivity contribution in [3.63, 3.8) is 0 Å². The molecule has 1 aromatic heterocycles. The van der Waals surface area contributed by atoms with Gasteiger partial charge < -0.3 is 5.32 Å². The molecule has 0 unspecified atom stereocenters. The van der Waals surface area contributed by atoms with E-state index in [1.54, 1.807) is 29.7 Å². The number of benzene rings is 1. The van der Waals surface area contributed by atoms with Crippen molar-refractivity contribution < 1.29 is 4.39 Å². The predicted octanol–water partition coefficient (Wildman–Crippen LogP) is 3.23. The summed E-state index contributed by atoms with van der Waals surface area (Å²) in [5.41, 5.74) is 0.501. The second-order valence-electron chi connectivity index (χ2n) is 3.23. The van der Waals surface area contributed by atoms with Crippen molar-refractivity contribution in [3.8, 4) is 0 Å². The number of rotatable bonds is 4. The number of halogens is 2. The van der Waals surface area contributed by atoms with Gasteiger partial charge in [-0.1, -0.05) is 17.7 Å². The van der Waals surface area contributed by atoms with Gasteiger partial charge in [0.25, 0.3) is 0 Å². The molecule has 1 aromatic carbocycles. The minimum atomic E-state index is -0.279. The first-order valence-corrected chi connectivity index (χ1v) is 6.05. The molecule has 0 atom stereocenters. The first-order chi connectivity index (χ1) is 7.77. The molecule has 0 spiro atoms. The summed E-state index contributed by atoms with van der Waals surface area (Å²) >= 11 is 7.46. The molecule has 0 bridgehead atoms. The van der Waals surface area contributed by atoms with Gasteiger partial charge >= 0.3 is 0 Å². The quantitative estimate of drug-likeness (QED) is 0.909. The molecule has 0 saturated carbocycles. The van der Waals surface area contributed by atoms with Gasteiger partial charge in [0.05, 0.1) is 0 Å². The Balaban J connectivity index is 1.95. The highest BCUT2D eigenvalue weighted by atomic mass is 35.5. The van der Waals surface area contributed by atoms with Crippen LogP contribution in [0.25, 0.3) is 0 Å². The van der Waals surface area contributed by atoms with Crippen molar-refractivity contribution in [1.82, 2.24) is 10.3 Å². The standard InChI is InChI=1S/C11H10ClFN2S/c12-9-2-1-3-10(13)8(9)6-14-7-11-15-4-5-16-11/h1-5,14H,6-7H2. The Morgan fingerprint density at radius 3 is 2.94 bits per heavy atom. The van der Waals surface area contributed by atoms with E-state index in [0.29, 0.717) is 23.7 Å². The Hall–Kier alpha value is -0.970. The maximum absolute atomic E-state index is 13.4. The molecule has 84 valence electrons. The smallest absolute Gasteiger partial charge is 0.129 e. The van der Waals surface area contributed by atoms with E-state index in [-0.39, 0.29) is 5.82 Å². The number of hydrogen-bond donors (Lipinski definition) is 1. The van der Waals surface area contributed by atoms with E-state index in [4.69, 9.17) is 11.6 Å². The average molecular weight is 257 g/mol. The summed E-state index contributed by atoms with van der Waals surface area (Å²) in [5.74, 6) is -0.279. The second kappa shape index (κ2) is 5.39. The zero-order valence-electron chi connectivity index (χ0n) is 8.41. The van der Waals surface area contributed by atoms with E-state index < -0.39 is 0 Å². The van der Waals surface area contributed by atoms with Crippen LogP contribution in [-0.4, -0.2) is 4.98 Å². The largest absolute Gasteiger partial charge is 0.306 e. The van der Waals surface area contributed by atoms with Gasteiger partial charge in [0.2, 0.25) is 0 Å². The molecule has 0 aliphatic heterocycles. The van der Waals surface area contributed by atoms with E-state index in [1.807, 2.05) is 5.38 Å². The van der Waals surface area contributed by atoms with Gasteiger partial charge in [-0.25, -0.2) is 9.37 Å². The highest BCUT2D eigenvalue weighted by Crippen LogP contribution is 2.18. The van der Waals surface area contributed by atoms with Crippen LogP contribution in [0.5, 0.6) is 0 Å². The molecule has 2 rings (SSSR count). The number of thiazole rings is 1. The lowest BCUT2D eigenvalue weighted by atomic mass is 10.2. The summed E-state index contributed by atoms with van der Waals surface area (Å²) < 4.78 is 13.4. The summed E-state index contributed by atoms with van der Waals surface area (Å²) in [6, 6.07) is 4.69. The van der Waals surface area contributed by atoms with E-state index >= 15 is 0 Å². The average Bonchev–Trinajstić information content (AvgIpc) is 2.75. The normalized spacial score (nSPS) is 10.6. The van der Waals surface area contributed by atoms with Gasteiger partial charge in [-0.15, -0.1) is 11.3 Å². The Morgan fingerprint density at radius 2 is 2.25 bits per heavy atom. The van der Waals surface area contributed by atoms with Crippen molar-refractivity contribution >= 4 is 22.9 Å². The van der Waals surface area contributed by atoms with Crippen molar-refractivity contribution in [1.29, 1.82) is 0 Å². The lowest BCUT2D eigenvalue weighted by Crippen LogP contribution is -2.13. The minimum absolute atomic E-state index is 0.279. The second-order valence-corrected chi connectivity index (χ2v) is 4.62. The molecular weight excluding hydrogens is 247 g/mol. The molecule has 1 heterocycles. The fourth-order valence-corrected chi connectivity index (χ4v) is 2.15. The van der Waals surface area contributed by atoms with E-state index in [1.165, 1.54) is 6.07 Å². The highest BCUT2D eigenvalue weighted by Gasteiger charge is 2.06. The topological polar surface area (TPSA) is 24.9 Å². The molecule has 2 aromatic rings. The van der Waals surface area contributed by atoms with E-state index in [9.17, 15) is 4.39 Å². The zero-order valence-corrected chi connectivity index (χ0v) is 9.98. The summed E-state index contributed by atoms with van der Waals surface area (Å²) in [6.07, 6.45) is 1.75. The van der Waals surface area contributed by atoms with Crippen LogP contribution in [0.15, 0.2) is 29.8 Å². The summed E-state index contributed by atoms with van der Waals surface area (Å²) in [7, 11) is 0. The Bertz CT molecular complexity index is 439. The first-order valence-electron chi connectivity index (χ1n) is 4.79. The number of nitrogens with zero attached hydrogens (tertiary/aromatic N) is 1. The Morgan fingerprint density at radius 1 is 1.38 bits per heavy atom. The van der Waals surface area contributed by atoms with Gasteiger partial charge in [0.1, 0.15) is 10.8 Å². The van der Waals surface area contributed by atoms with Gasteiger partial charge in [0.15, 0.2) is 0 Å². The van der Waals surface area contributed by atoms with Crippen LogP contribution < -0.4 is 5.32 Å². The van der Waals surface area contributed by atoms with Crippen LogP contribution >= 0.6 is 22.9 Å². The molecule has 0 fully saturated rings. The summed E-state index contributed by atoms with van der Waals surface area (Å²) in [4.78, 5) is 4.12. The number of aromatic nitrogens is 1. The lowest BCUT2D eigenvalue weighted by Gasteiger charge is -2.06. The van der Waals surface area contributed by atoms with Crippen LogP contribution in [0.2, 0.25) is 5.02 Å². The third-order valence-corrected chi connectivity index (χ3v) is 3.26. The van der Waals surface area contributed by atoms with Crippen molar-refractivity contribution in [3.05, 3.63) is 51.2 Å². The van der Waals surface area contributed by atoms with Gasteiger partial charge in [0, 0.05) is 35.3 Å². The van der Waals surface area contributed by atoms with E-state index in [0.717, 1.165) is 5.01 Å². The maximum Gasteiger partial charge on any atom is 0.129 e. The fourth-order valence-electron chi connectivity index (χ4n) is 1.34. The molecule has 5 heteroatoms. The van der Waals surface area contributed by atoms with Crippen LogP contribution in [0, 0.1) is 5.82 Å². The van der Waals surface area contributed by atoms with Gasteiger partial charge in [-0.3, -0.25) is 0 Å². The summed E-state index contributed by atoms with van der Waals surface area (Å²) in [5, 5.41) is 6.45. The van der Waals surface area contributed by atoms with Crippen LogP contribution in [-0.2, 0) is 13.1 Å². The van der Waals surface area contributed by atoms with Crippen molar-refractivity contribution in [2.45, 2.75) is 13.1 Å². The molecule has 0 saturated heterocycles. The van der Waals surface area contributed by atoms with Crippen molar-refractivity contribution in [2.24, 2.45) is 0 Å². The maximum atomic E-state index is 13.4. The summed E-state index contributed by atoms with van der Waals surface area (Å²) in [6.45, 7) is 1.04. The monoisotopic (exact) mass is 256 g/mol. The molecule has 0 amide bonds. The predicted molar refractivity (Wildman–Crippen MR) is 64.1 cm³/mol. The van der Waals surface area contributed by atoms with Crippen molar-refractivity contribution in [2.75, 3.05) is 0 Å². The van der Waals surface area contributed by atoms with Gasteiger partial charge in [-0.05, 0) is 12.1 Å². The molecule has 0 radical (unpaired) electrons. The Labute approximate surface area is 102 Å². The minimum Gasteiger partial charge on any atom is -0.306 e.